The van der Waals surface area contributed by atoms with E-state index in [1.807, 2.05) is 6.07 Å². The molecule has 6 heteroatoms. The minimum Gasteiger partial charge on any atom is -0.433 e. The molecule has 1 N–H and O–H groups in total. The van der Waals surface area contributed by atoms with Crippen molar-refractivity contribution in [3.8, 4) is 5.75 Å². The molecule has 1 atom stereocenters. The quantitative estimate of drug-likeness (QED) is 0.784. The normalized spacial score (nSPS) is 18.6. The Balaban J connectivity index is 1.47. The van der Waals surface area contributed by atoms with Crippen molar-refractivity contribution in [3.63, 3.8) is 0 Å². The summed E-state index contributed by atoms with van der Waals surface area (Å²) in [5.41, 5.74) is 2.92. The van der Waals surface area contributed by atoms with Crippen LogP contribution in [-0.2, 0) is 11.2 Å². The highest BCUT2D eigenvalue weighted by Crippen LogP contribution is 2.41. The lowest BCUT2D eigenvalue weighted by molar-refractivity contribution is -0.118. The number of aryl methyl sites for hydroxylation is 1. The molecule has 0 heterocycles. The van der Waals surface area contributed by atoms with Crippen molar-refractivity contribution in [2.24, 2.45) is 0 Å². The number of carbonyl (C=O) groups excluding carboxylic acids is 1. The molecule has 4 nitrogen and oxygen atoms in total. The Morgan fingerprint density at radius 2 is 1.85 bits per heavy atom. The van der Waals surface area contributed by atoms with Gasteiger partial charge in [0, 0.05) is 12.1 Å². The second kappa shape index (κ2) is 7.64. The van der Waals surface area contributed by atoms with E-state index in [0.717, 1.165) is 25.7 Å². The van der Waals surface area contributed by atoms with Gasteiger partial charge in [-0.2, -0.15) is 8.78 Å². The molecule has 2 aromatic carbocycles. The number of nitrogens with zero attached hydrogens (tertiary/aromatic N) is 1. The van der Waals surface area contributed by atoms with Gasteiger partial charge in [-0.1, -0.05) is 36.4 Å². The Kier molecular flexibility index (Phi) is 5.07. The summed E-state index contributed by atoms with van der Waals surface area (Å²) >= 11 is 0. The highest BCUT2D eigenvalue weighted by Gasteiger charge is 2.38. The third-order valence-electron chi connectivity index (χ3n) is 5.22. The molecule has 0 saturated heterocycles. The van der Waals surface area contributed by atoms with E-state index in [9.17, 15) is 13.6 Å². The average molecular weight is 372 g/mol. The Labute approximate surface area is 157 Å². The van der Waals surface area contributed by atoms with Crippen LogP contribution >= 0.6 is 0 Å². The first-order chi connectivity index (χ1) is 13.1. The maximum absolute atomic E-state index is 12.7. The molecular formula is C21H22F2N2O2. The first-order valence-electron chi connectivity index (χ1n) is 9.29. The summed E-state index contributed by atoms with van der Waals surface area (Å²) in [4.78, 5) is 14.9. The van der Waals surface area contributed by atoms with Crippen molar-refractivity contribution in [1.82, 2.24) is 4.90 Å². The van der Waals surface area contributed by atoms with E-state index in [4.69, 9.17) is 0 Å². The lowest BCUT2D eigenvalue weighted by Gasteiger charge is -2.29. The zero-order chi connectivity index (χ0) is 18.8. The molecule has 0 aromatic heterocycles. The van der Waals surface area contributed by atoms with Crippen molar-refractivity contribution in [3.05, 3.63) is 59.7 Å². The number of halogens is 2. The highest BCUT2D eigenvalue weighted by molar-refractivity contribution is 5.93. The lowest BCUT2D eigenvalue weighted by atomic mass is 10.1. The summed E-state index contributed by atoms with van der Waals surface area (Å²) in [6.45, 7) is -2.69. The van der Waals surface area contributed by atoms with Crippen LogP contribution in [0.25, 0.3) is 0 Å². The first kappa shape index (κ1) is 17.9. The summed E-state index contributed by atoms with van der Waals surface area (Å²) in [7, 11) is 0. The molecule has 0 spiro atoms. The van der Waals surface area contributed by atoms with Crippen LogP contribution in [0.15, 0.2) is 48.5 Å². The van der Waals surface area contributed by atoms with Crippen LogP contribution in [0, 0.1) is 0 Å². The fourth-order valence-corrected chi connectivity index (χ4v) is 3.90. The van der Waals surface area contributed by atoms with Crippen LogP contribution < -0.4 is 10.1 Å². The van der Waals surface area contributed by atoms with Gasteiger partial charge < -0.3 is 10.1 Å². The van der Waals surface area contributed by atoms with Gasteiger partial charge in [-0.15, -0.1) is 0 Å². The molecule has 0 aliphatic heterocycles. The molecule has 2 aliphatic carbocycles. The smallest absolute Gasteiger partial charge is 0.387 e. The van der Waals surface area contributed by atoms with Crippen LogP contribution in [0.1, 0.15) is 36.4 Å². The van der Waals surface area contributed by atoms with Gasteiger partial charge in [-0.3, -0.25) is 9.69 Å². The third-order valence-corrected chi connectivity index (χ3v) is 5.22. The standard InChI is InChI=1S/C21H22F2N2O2/c22-21(23)27-19-8-4-3-7-17(19)24-20(26)13-25(15-10-11-15)18-12-9-14-5-1-2-6-16(14)18/h1-8,15,18,21H,9-13H2,(H,24,26). The second-order valence-electron chi connectivity index (χ2n) is 7.08. The molecule has 1 fully saturated rings. The molecule has 0 bridgehead atoms. The molecule has 2 aliphatic rings. The van der Waals surface area contributed by atoms with E-state index in [1.165, 1.54) is 17.2 Å². The summed E-state index contributed by atoms with van der Waals surface area (Å²) in [6.07, 6.45) is 4.22. The van der Waals surface area contributed by atoms with E-state index in [1.54, 1.807) is 18.2 Å². The third kappa shape index (κ3) is 4.11. The zero-order valence-electron chi connectivity index (χ0n) is 14.9. The SMILES string of the molecule is O=C(CN(C1CC1)C1CCc2ccccc21)Nc1ccccc1OC(F)F. The van der Waals surface area contributed by atoms with Gasteiger partial charge in [-0.25, -0.2) is 0 Å². The number of carbonyl (C=O) groups is 1. The van der Waals surface area contributed by atoms with Gasteiger partial charge in [0.25, 0.3) is 0 Å². The van der Waals surface area contributed by atoms with Gasteiger partial charge in [0.15, 0.2) is 0 Å². The Bertz CT molecular complexity index is 823. The minimum atomic E-state index is -2.93. The summed E-state index contributed by atoms with van der Waals surface area (Å²) in [5.74, 6) is -0.235. The van der Waals surface area contributed by atoms with Crippen molar-refractivity contribution >= 4 is 11.6 Å². The van der Waals surface area contributed by atoms with Crippen molar-refractivity contribution in [2.75, 3.05) is 11.9 Å². The molecule has 2 aromatic rings. The number of hydrogen-bond acceptors (Lipinski definition) is 3. The predicted octanol–water partition coefficient (Wildman–Crippen LogP) is 4.38. The number of nitrogens with one attached hydrogen (secondary N) is 1. The van der Waals surface area contributed by atoms with Crippen molar-refractivity contribution in [1.29, 1.82) is 0 Å². The molecule has 1 unspecified atom stereocenters. The molecule has 27 heavy (non-hydrogen) atoms. The second-order valence-corrected chi connectivity index (χ2v) is 7.08. The Morgan fingerprint density at radius 3 is 2.63 bits per heavy atom. The summed E-state index contributed by atoms with van der Waals surface area (Å²) < 4.78 is 29.6. The number of rotatable bonds is 7. The molecular weight excluding hydrogens is 350 g/mol. The zero-order valence-corrected chi connectivity index (χ0v) is 14.9. The maximum Gasteiger partial charge on any atom is 0.387 e. The molecule has 142 valence electrons. The van der Waals surface area contributed by atoms with E-state index in [2.05, 4.69) is 33.2 Å². The fraction of sp³-hybridized carbons (Fsp3) is 0.381. The van der Waals surface area contributed by atoms with Gasteiger partial charge in [0.05, 0.1) is 12.2 Å². The maximum atomic E-state index is 12.7. The number of hydrogen-bond donors (Lipinski definition) is 1. The minimum absolute atomic E-state index is 0.0231. The molecule has 0 radical (unpaired) electrons. The van der Waals surface area contributed by atoms with Crippen molar-refractivity contribution in [2.45, 2.75) is 44.4 Å². The van der Waals surface area contributed by atoms with E-state index in [-0.39, 0.29) is 29.9 Å². The Morgan fingerprint density at radius 1 is 1.11 bits per heavy atom. The molecule has 4 rings (SSSR count). The van der Waals surface area contributed by atoms with E-state index in [0.29, 0.717) is 6.04 Å². The topological polar surface area (TPSA) is 41.6 Å². The number of alkyl halides is 2. The first-order valence-corrected chi connectivity index (χ1v) is 9.29. The van der Waals surface area contributed by atoms with E-state index < -0.39 is 6.61 Å². The van der Waals surface area contributed by atoms with Crippen LogP contribution in [0.5, 0.6) is 5.75 Å². The monoisotopic (exact) mass is 372 g/mol. The van der Waals surface area contributed by atoms with Crippen LogP contribution in [0.3, 0.4) is 0 Å². The van der Waals surface area contributed by atoms with Gasteiger partial charge in [0.1, 0.15) is 5.75 Å². The lowest BCUT2D eigenvalue weighted by Crippen LogP contribution is -2.37. The van der Waals surface area contributed by atoms with Crippen LogP contribution in [-0.4, -0.2) is 30.0 Å². The number of anilines is 1. The van der Waals surface area contributed by atoms with Crippen LogP contribution in [0.2, 0.25) is 0 Å². The average Bonchev–Trinajstić information content (AvgIpc) is 3.40. The Hall–Kier alpha value is -2.47. The molecule has 1 saturated carbocycles. The van der Waals surface area contributed by atoms with Crippen LogP contribution in [0.4, 0.5) is 14.5 Å². The number of para-hydroxylation sites is 2. The van der Waals surface area contributed by atoms with Gasteiger partial charge >= 0.3 is 6.61 Å². The number of fused-ring (bicyclic) bond motifs is 1. The number of benzene rings is 2. The summed E-state index contributed by atoms with van der Waals surface area (Å²) in [6, 6.07) is 15.3. The largest absolute Gasteiger partial charge is 0.433 e. The fourth-order valence-electron chi connectivity index (χ4n) is 3.90. The van der Waals surface area contributed by atoms with E-state index >= 15 is 0 Å². The molecule has 1 amide bonds. The van der Waals surface area contributed by atoms with Crippen molar-refractivity contribution < 1.29 is 18.3 Å². The summed E-state index contributed by atoms with van der Waals surface area (Å²) in [5, 5.41) is 2.74. The highest BCUT2D eigenvalue weighted by atomic mass is 19.3. The number of ether oxygens (including phenoxy) is 1. The number of amides is 1. The van der Waals surface area contributed by atoms with Gasteiger partial charge in [-0.05, 0) is 48.9 Å². The predicted molar refractivity (Wildman–Crippen MR) is 98.9 cm³/mol. The van der Waals surface area contributed by atoms with Gasteiger partial charge in [0.2, 0.25) is 5.91 Å².